The third-order valence-electron chi connectivity index (χ3n) is 4.70. The first-order chi connectivity index (χ1) is 13.7. The molecule has 3 heterocycles. The summed E-state index contributed by atoms with van der Waals surface area (Å²) in [6.45, 7) is 4.50. The van der Waals surface area contributed by atoms with Gasteiger partial charge in [0.2, 0.25) is 11.8 Å². The lowest BCUT2D eigenvalue weighted by atomic mass is 10.1. The van der Waals surface area contributed by atoms with Gasteiger partial charge in [-0.2, -0.15) is 4.99 Å². The maximum atomic E-state index is 6.61. The first-order valence-corrected chi connectivity index (χ1v) is 9.90. The van der Waals surface area contributed by atoms with E-state index in [0.717, 1.165) is 47.0 Å². The minimum absolute atomic E-state index is 0.492. The second-order valence-corrected chi connectivity index (χ2v) is 6.92. The average molecular weight is 396 g/mol. The van der Waals surface area contributed by atoms with Crippen molar-refractivity contribution in [2.24, 2.45) is 4.99 Å². The van der Waals surface area contributed by atoms with Crippen molar-refractivity contribution in [2.75, 3.05) is 6.61 Å². The number of aliphatic imine (C=N–C) groups is 1. The van der Waals surface area contributed by atoms with Crippen LogP contribution in [0.4, 0.5) is 0 Å². The van der Waals surface area contributed by atoms with Gasteiger partial charge in [0, 0.05) is 29.2 Å². The van der Waals surface area contributed by atoms with Crippen LogP contribution in [0.2, 0.25) is 5.02 Å². The van der Waals surface area contributed by atoms with Crippen LogP contribution in [0.5, 0.6) is 5.75 Å². The zero-order valence-electron chi connectivity index (χ0n) is 16.0. The van der Waals surface area contributed by atoms with E-state index >= 15 is 0 Å². The summed E-state index contributed by atoms with van der Waals surface area (Å²) in [5.41, 5.74) is 2.91. The molecule has 0 radical (unpaired) electrons. The Morgan fingerprint density at radius 3 is 2.89 bits per heavy atom. The fraction of sp³-hybridized carbons (Fsp3) is 0.273. The average Bonchev–Trinajstić information content (AvgIpc) is 3.00. The molecule has 0 unspecified atom stereocenters. The Kier molecular flexibility index (Phi) is 5.35. The Morgan fingerprint density at radius 2 is 2.07 bits per heavy atom. The second kappa shape index (κ2) is 8.07. The lowest BCUT2D eigenvalue weighted by Gasteiger charge is -2.14. The van der Waals surface area contributed by atoms with E-state index in [-0.39, 0.29) is 0 Å². The molecular formula is C22H22ClN3O2. The lowest BCUT2D eigenvalue weighted by Crippen LogP contribution is -2.12. The Bertz CT molecular complexity index is 1070. The molecule has 0 spiro atoms. The Hall–Kier alpha value is -2.79. The number of hydrogen-bond donors (Lipinski definition) is 1. The van der Waals surface area contributed by atoms with Gasteiger partial charge in [0.1, 0.15) is 5.75 Å². The molecule has 5 nitrogen and oxygen atoms in total. The van der Waals surface area contributed by atoms with Crippen LogP contribution in [0.25, 0.3) is 10.8 Å². The molecule has 3 aromatic rings. The molecule has 0 atom stereocenters. The summed E-state index contributed by atoms with van der Waals surface area (Å²) in [7, 11) is 0. The largest absolute Gasteiger partial charge is 0.477 e. The quantitative estimate of drug-likeness (QED) is 0.640. The molecule has 0 saturated heterocycles. The molecule has 0 saturated carbocycles. The third-order valence-corrected chi connectivity index (χ3v) is 5.11. The zero-order chi connectivity index (χ0) is 19.5. The Labute approximate surface area is 169 Å². The van der Waals surface area contributed by atoms with Crippen molar-refractivity contribution in [3.05, 3.63) is 70.6 Å². The number of aryl methyl sites for hydroxylation is 2. The maximum absolute atomic E-state index is 6.61. The maximum Gasteiger partial charge on any atom is 0.227 e. The van der Waals surface area contributed by atoms with E-state index in [4.69, 9.17) is 21.1 Å². The van der Waals surface area contributed by atoms with E-state index in [1.54, 1.807) is 6.20 Å². The van der Waals surface area contributed by atoms with Crippen molar-refractivity contribution in [3.8, 4) is 5.75 Å². The number of benzene rings is 1. The fourth-order valence-electron chi connectivity index (χ4n) is 3.33. The summed E-state index contributed by atoms with van der Waals surface area (Å²) in [6, 6.07) is 7.88. The number of ether oxygens (including phenoxy) is 2. The van der Waals surface area contributed by atoms with Gasteiger partial charge in [-0.15, -0.1) is 0 Å². The van der Waals surface area contributed by atoms with Crippen LogP contribution in [-0.2, 0) is 17.6 Å². The molecule has 1 aliphatic rings. The number of aromatic nitrogens is 2. The molecule has 0 amide bonds. The summed E-state index contributed by atoms with van der Waals surface area (Å²) in [4.78, 5) is 12.3. The molecular weight excluding hydrogens is 374 g/mol. The first kappa shape index (κ1) is 18.6. The number of H-pyrrole nitrogens is 1. The van der Waals surface area contributed by atoms with Gasteiger partial charge < -0.3 is 14.5 Å². The van der Waals surface area contributed by atoms with E-state index < -0.39 is 0 Å². The molecule has 1 N–H and O–H groups in total. The van der Waals surface area contributed by atoms with Gasteiger partial charge >= 0.3 is 0 Å². The van der Waals surface area contributed by atoms with E-state index in [9.17, 15) is 0 Å². The fourth-order valence-corrected chi connectivity index (χ4v) is 3.71. The van der Waals surface area contributed by atoms with Crippen molar-refractivity contribution in [3.63, 3.8) is 0 Å². The van der Waals surface area contributed by atoms with Gasteiger partial charge in [-0.25, -0.2) is 0 Å². The summed E-state index contributed by atoms with van der Waals surface area (Å²) in [6.07, 6.45) is 8.02. The van der Waals surface area contributed by atoms with Gasteiger partial charge in [0.15, 0.2) is 0 Å². The predicted octanol–water partition coefficient (Wildman–Crippen LogP) is 5.43. The minimum atomic E-state index is 0.492. The van der Waals surface area contributed by atoms with E-state index in [1.807, 2.05) is 43.5 Å². The van der Waals surface area contributed by atoms with Crippen molar-refractivity contribution < 1.29 is 9.47 Å². The number of allylic oxidation sites excluding steroid dienone is 1. The van der Waals surface area contributed by atoms with Crippen LogP contribution in [0, 0.1) is 0 Å². The topological polar surface area (TPSA) is 59.5 Å². The van der Waals surface area contributed by atoms with Crippen molar-refractivity contribution >= 4 is 28.3 Å². The van der Waals surface area contributed by atoms with Crippen LogP contribution in [0.15, 0.2) is 53.6 Å². The van der Waals surface area contributed by atoms with Gasteiger partial charge in [0.05, 0.1) is 17.2 Å². The van der Waals surface area contributed by atoms with Crippen molar-refractivity contribution in [1.82, 2.24) is 9.97 Å². The summed E-state index contributed by atoms with van der Waals surface area (Å²) in [5, 5.41) is 2.81. The van der Waals surface area contributed by atoms with Crippen LogP contribution in [-0.4, -0.2) is 22.5 Å². The Balaban J connectivity index is 1.70. The van der Waals surface area contributed by atoms with E-state index in [0.29, 0.717) is 29.2 Å². The van der Waals surface area contributed by atoms with E-state index in [1.165, 1.54) is 0 Å². The number of hydrogen-bond acceptors (Lipinski definition) is 4. The molecule has 144 valence electrons. The highest BCUT2D eigenvalue weighted by molar-refractivity contribution is 6.34. The standard InChI is InChI=1S/C22H22ClN3O2/c1-3-17-21(23)20-18(25-17)6-5-7-19(26-22(20)27-4-2)28-16-9-8-14-10-11-24-13-15(14)12-16/h7-13,25H,3-6H2,1-2H3/b19-7+,26-22+. The summed E-state index contributed by atoms with van der Waals surface area (Å²) < 4.78 is 11.9. The minimum Gasteiger partial charge on any atom is -0.477 e. The van der Waals surface area contributed by atoms with Crippen LogP contribution in [0.1, 0.15) is 37.2 Å². The van der Waals surface area contributed by atoms with Crippen LogP contribution < -0.4 is 4.74 Å². The van der Waals surface area contributed by atoms with Gasteiger partial charge in [-0.3, -0.25) is 4.98 Å². The number of pyridine rings is 1. The molecule has 0 bridgehead atoms. The molecule has 2 aromatic heterocycles. The summed E-state index contributed by atoms with van der Waals surface area (Å²) in [5.74, 6) is 1.71. The van der Waals surface area contributed by atoms with E-state index in [2.05, 4.69) is 21.9 Å². The van der Waals surface area contributed by atoms with Crippen molar-refractivity contribution in [1.29, 1.82) is 0 Å². The van der Waals surface area contributed by atoms with Gasteiger partial charge in [-0.05, 0) is 55.8 Å². The molecule has 0 fully saturated rings. The van der Waals surface area contributed by atoms with Crippen molar-refractivity contribution in [2.45, 2.75) is 33.1 Å². The highest BCUT2D eigenvalue weighted by Gasteiger charge is 2.23. The molecule has 6 heteroatoms. The number of nitrogens with zero attached hydrogens (tertiary/aromatic N) is 2. The molecule has 28 heavy (non-hydrogen) atoms. The van der Waals surface area contributed by atoms with Crippen LogP contribution >= 0.6 is 11.6 Å². The molecule has 1 aliphatic heterocycles. The highest BCUT2D eigenvalue weighted by atomic mass is 35.5. The highest BCUT2D eigenvalue weighted by Crippen LogP contribution is 2.30. The molecule has 0 aliphatic carbocycles. The van der Waals surface area contributed by atoms with Crippen LogP contribution in [0.3, 0.4) is 0 Å². The lowest BCUT2D eigenvalue weighted by molar-refractivity contribution is 0.322. The SMILES string of the molecule is CCO/C1=N/C(Oc2ccc3ccncc3c2)=C\CCc2[nH]c(CC)c(Cl)c21. The monoisotopic (exact) mass is 395 g/mol. The van der Waals surface area contributed by atoms with Gasteiger partial charge in [0.25, 0.3) is 0 Å². The number of fused-ring (bicyclic) bond motifs is 2. The second-order valence-electron chi connectivity index (χ2n) is 6.54. The predicted molar refractivity (Wildman–Crippen MR) is 112 cm³/mol. The summed E-state index contributed by atoms with van der Waals surface area (Å²) >= 11 is 6.61. The normalized spacial score (nSPS) is 17.7. The van der Waals surface area contributed by atoms with Gasteiger partial charge in [-0.1, -0.05) is 24.6 Å². The first-order valence-electron chi connectivity index (χ1n) is 9.52. The number of halogens is 1. The number of aromatic amines is 1. The third kappa shape index (κ3) is 3.62. The molecule has 4 rings (SSSR count). The number of rotatable bonds is 4. The zero-order valence-corrected chi connectivity index (χ0v) is 16.7. The number of nitrogens with one attached hydrogen (secondary N) is 1. The molecule has 1 aromatic carbocycles. The Morgan fingerprint density at radius 1 is 1.18 bits per heavy atom. The smallest absolute Gasteiger partial charge is 0.227 e.